The predicted octanol–water partition coefficient (Wildman–Crippen LogP) is 2.95. The minimum absolute atomic E-state index is 0.180. The Balaban J connectivity index is 2.48. The first-order valence-corrected chi connectivity index (χ1v) is 6.27. The van der Waals surface area contributed by atoms with Gasteiger partial charge in [0.05, 0.1) is 0 Å². The van der Waals surface area contributed by atoms with Crippen molar-refractivity contribution < 1.29 is 0 Å². The third-order valence-electron chi connectivity index (χ3n) is 2.82. The molecule has 1 aliphatic heterocycles. The third kappa shape index (κ3) is 1.95. The fourth-order valence-electron chi connectivity index (χ4n) is 2.13. The molecule has 0 aliphatic carbocycles. The van der Waals surface area contributed by atoms with Crippen molar-refractivity contribution in [1.29, 1.82) is 0 Å². The van der Waals surface area contributed by atoms with Crippen LogP contribution in [-0.2, 0) is 0 Å². The van der Waals surface area contributed by atoms with Crippen LogP contribution in [0.1, 0.15) is 39.5 Å². The number of hydrogen-bond donors (Lipinski definition) is 1. The lowest BCUT2D eigenvalue weighted by atomic mass is 10.1. The fourth-order valence-corrected chi connectivity index (χ4v) is 5.10. The molecule has 1 nitrogen and oxygen atoms in total. The first kappa shape index (κ1) is 9.48. The average Bonchev–Trinajstić information content (AvgIpc) is 2.45. The lowest BCUT2D eigenvalue weighted by Gasteiger charge is -2.22. The van der Waals surface area contributed by atoms with Crippen LogP contribution in [0.5, 0.6) is 0 Å². The van der Waals surface area contributed by atoms with Crippen molar-refractivity contribution in [1.82, 2.24) is 5.09 Å². The van der Waals surface area contributed by atoms with Crippen LogP contribution in [0.25, 0.3) is 0 Å². The zero-order chi connectivity index (χ0) is 8.27. The highest BCUT2D eigenvalue weighted by Gasteiger charge is 2.31. The van der Waals surface area contributed by atoms with Gasteiger partial charge in [0, 0.05) is 0 Å². The summed E-state index contributed by atoms with van der Waals surface area (Å²) in [6.07, 6.45) is 5.70. The maximum Gasteiger partial charge on any atom is -0.00783 e. The Hall–Kier alpha value is 0.390. The summed E-state index contributed by atoms with van der Waals surface area (Å²) in [7, 11) is 2.32. The van der Waals surface area contributed by atoms with Crippen LogP contribution in [-0.4, -0.2) is 18.4 Å². The van der Waals surface area contributed by atoms with E-state index < -0.39 is 0 Å². The van der Waals surface area contributed by atoms with Gasteiger partial charge in [-0.2, -0.15) is 0 Å². The molecule has 1 heterocycles. The van der Waals surface area contributed by atoms with E-state index in [1.807, 2.05) is 0 Å². The zero-order valence-electron chi connectivity index (χ0n) is 7.93. The highest BCUT2D eigenvalue weighted by atomic mass is 31.1. The molecular weight excluding hydrogens is 153 g/mol. The lowest BCUT2D eigenvalue weighted by Crippen LogP contribution is -2.12. The summed E-state index contributed by atoms with van der Waals surface area (Å²) in [5.41, 5.74) is 2.03. The fraction of sp³-hybridized carbons (Fsp3) is 1.00. The van der Waals surface area contributed by atoms with Gasteiger partial charge >= 0.3 is 0 Å². The number of rotatable bonds is 3. The van der Waals surface area contributed by atoms with E-state index in [1.54, 1.807) is 0 Å². The summed E-state index contributed by atoms with van der Waals surface area (Å²) in [6, 6.07) is 0. The summed E-state index contributed by atoms with van der Waals surface area (Å²) in [6.45, 7) is 4.66. The first-order chi connectivity index (χ1) is 5.33. The van der Waals surface area contributed by atoms with Crippen LogP contribution in [0.4, 0.5) is 0 Å². The van der Waals surface area contributed by atoms with E-state index in [-0.39, 0.29) is 8.07 Å². The Morgan fingerprint density at radius 2 is 1.64 bits per heavy atom. The molecule has 1 saturated heterocycles. The molecule has 0 spiro atoms. The molecule has 0 amide bonds. The second kappa shape index (κ2) is 4.42. The molecule has 0 aromatic rings. The van der Waals surface area contributed by atoms with E-state index in [4.69, 9.17) is 0 Å². The second-order valence-corrected chi connectivity index (χ2v) is 6.05. The molecule has 11 heavy (non-hydrogen) atoms. The van der Waals surface area contributed by atoms with Crippen molar-refractivity contribution in [2.75, 3.05) is 7.05 Å². The second-order valence-electron chi connectivity index (χ2n) is 3.33. The third-order valence-corrected chi connectivity index (χ3v) is 6.16. The van der Waals surface area contributed by atoms with E-state index >= 15 is 0 Å². The maximum absolute atomic E-state index is 3.53. The quantitative estimate of drug-likeness (QED) is 0.647. The van der Waals surface area contributed by atoms with Crippen molar-refractivity contribution in [2.24, 2.45) is 0 Å². The largest absolute Gasteiger partial charge is 0.298 e. The molecule has 0 aromatic carbocycles. The van der Waals surface area contributed by atoms with E-state index in [1.165, 1.54) is 25.7 Å². The molecule has 0 radical (unpaired) electrons. The van der Waals surface area contributed by atoms with Crippen LogP contribution >= 0.6 is 8.07 Å². The van der Waals surface area contributed by atoms with Crippen LogP contribution in [0.15, 0.2) is 0 Å². The topological polar surface area (TPSA) is 12.0 Å². The molecule has 2 heteroatoms. The smallest absolute Gasteiger partial charge is 0.00783 e. The molecule has 1 N–H and O–H groups in total. The van der Waals surface area contributed by atoms with Crippen molar-refractivity contribution in [3.05, 3.63) is 0 Å². The SMILES string of the molecule is CC[C@@H]1CC[C@@H](CC)P1NC. The standard InChI is InChI=1S/C9H20NP/c1-4-8-6-7-9(5-2)11(8)10-3/h8-10H,4-7H2,1-3H3/t8-,9-/m1/s1. The zero-order valence-corrected chi connectivity index (χ0v) is 8.82. The summed E-state index contributed by atoms with van der Waals surface area (Å²) in [5.74, 6) is 0. The van der Waals surface area contributed by atoms with Crippen molar-refractivity contribution >= 4 is 8.07 Å². The van der Waals surface area contributed by atoms with Crippen LogP contribution in [0.3, 0.4) is 0 Å². The van der Waals surface area contributed by atoms with E-state index in [0.29, 0.717) is 0 Å². The van der Waals surface area contributed by atoms with Crippen molar-refractivity contribution in [2.45, 2.75) is 50.8 Å². The summed E-state index contributed by atoms with van der Waals surface area (Å²) in [5, 5.41) is 3.53. The molecule has 0 saturated carbocycles. The Labute approximate surface area is 71.8 Å². The molecule has 0 aromatic heterocycles. The van der Waals surface area contributed by atoms with E-state index in [9.17, 15) is 0 Å². The molecule has 66 valence electrons. The predicted molar refractivity (Wildman–Crippen MR) is 53.4 cm³/mol. The normalized spacial score (nSPS) is 33.0. The van der Waals surface area contributed by atoms with Crippen LogP contribution < -0.4 is 5.09 Å². The van der Waals surface area contributed by atoms with Gasteiger partial charge in [0.25, 0.3) is 0 Å². The van der Waals surface area contributed by atoms with E-state index in [2.05, 4.69) is 26.0 Å². The molecule has 0 bridgehead atoms. The summed E-state index contributed by atoms with van der Waals surface area (Å²) >= 11 is 0. The number of hydrogen-bond acceptors (Lipinski definition) is 1. The van der Waals surface area contributed by atoms with Crippen molar-refractivity contribution in [3.8, 4) is 0 Å². The molecule has 0 unspecified atom stereocenters. The van der Waals surface area contributed by atoms with Crippen molar-refractivity contribution in [3.63, 3.8) is 0 Å². The van der Waals surface area contributed by atoms with Gasteiger partial charge < -0.3 is 0 Å². The first-order valence-electron chi connectivity index (χ1n) is 4.79. The summed E-state index contributed by atoms with van der Waals surface area (Å²) in [4.78, 5) is 0. The average molecular weight is 173 g/mol. The Bertz CT molecular complexity index is 104. The Morgan fingerprint density at radius 3 is 1.91 bits per heavy atom. The summed E-state index contributed by atoms with van der Waals surface area (Å²) < 4.78 is 0. The van der Waals surface area contributed by atoms with Gasteiger partial charge in [0.15, 0.2) is 0 Å². The minimum Gasteiger partial charge on any atom is -0.298 e. The lowest BCUT2D eigenvalue weighted by molar-refractivity contribution is 0.696. The maximum atomic E-state index is 3.53. The van der Waals surface area contributed by atoms with Gasteiger partial charge in [0.2, 0.25) is 0 Å². The monoisotopic (exact) mass is 173 g/mol. The molecule has 1 fully saturated rings. The highest BCUT2D eigenvalue weighted by Crippen LogP contribution is 2.54. The Kier molecular flexibility index (Phi) is 3.81. The molecule has 2 atom stereocenters. The van der Waals surface area contributed by atoms with Gasteiger partial charge in [-0.3, -0.25) is 5.09 Å². The molecule has 1 aliphatic rings. The van der Waals surface area contributed by atoms with Gasteiger partial charge in [0.1, 0.15) is 0 Å². The van der Waals surface area contributed by atoms with E-state index in [0.717, 1.165) is 11.3 Å². The van der Waals surface area contributed by atoms with Gasteiger partial charge in [-0.05, 0) is 52.1 Å². The molecule has 1 rings (SSSR count). The van der Waals surface area contributed by atoms with Crippen LogP contribution in [0, 0.1) is 0 Å². The van der Waals surface area contributed by atoms with Crippen LogP contribution in [0.2, 0.25) is 0 Å². The van der Waals surface area contributed by atoms with Gasteiger partial charge in [-0.25, -0.2) is 0 Å². The van der Waals surface area contributed by atoms with Gasteiger partial charge in [-0.1, -0.05) is 13.8 Å². The highest BCUT2D eigenvalue weighted by molar-refractivity contribution is 7.57. The number of nitrogens with one attached hydrogen (secondary N) is 1. The Morgan fingerprint density at radius 1 is 1.18 bits per heavy atom. The van der Waals surface area contributed by atoms with Gasteiger partial charge in [-0.15, -0.1) is 0 Å². The minimum atomic E-state index is 0.180. The molecular formula is C9H20NP.